The number of benzene rings is 8. The second kappa shape index (κ2) is 11.7. The normalized spacial score (nSPS) is 13.2. The number of aromatic nitrogens is 2. The molecule has 11 rings (SSSR count). The monoisotopic (exact) mass is 704 g/mol. The van der Waals surface area contributed by atoms with Gasteiger partial charge < -0.3 is 9.13 Å². The van der Waals surface area contributed by atoms with Crippen LogP contribution in [0.3, 0.4) is 0 Å². The first kappa shape index (κ1) is 31.8. The number of hydrogen-bond acceptors (Lipinski definition) is 0. The fourth-order valence-electron chi connectivity index (χ4n) is 9.66. The summed E-state index contributed by atoms with van der Waals surface area (Å²) < 4.78 is 4.89. The van der Waals surface area contributed by atoms with Gasteiger partial charge in [-0.05, 0) is 124 Å². The number of fused-ring (bicyclic) bond motifs is 9. The topological polar surface area (TPSA) is 9.86 Å². The van der Waals surface area contributed by atoms with Crippen molar-refractivity contribution < 1.29 is 0 Å². The highest BCUT2D eigenvalue weighted by molar-refractivity contribution is 6.13. The second-order valence-corrected chi connectivity index (χ2v) is 15.9. The van der Waals surface area contributed by atoms with Crippen LogP contribution in [-0.4, -0.2) is 9.13 Å². The Balaban J connectivity index is 1.05. The van der Waals surface area contributed by atoms with Gasteiger partial charge >= 0.3 is 0 Å². The number of rotatable bonds is 4. The lowest BCUT2D eigenvalue weighted by Crippen LogP contribution is -2.15. The molecule has 2 aromatic heterocycles. The zero-order valence-electron chi connectivity index (χ0n) is 31.6. The van der Waals surface area contributed by atoms with E-state index < -0.39 is 0 Å². The molecule has 0 N–H and O–H groups in total. The SMILES string of the molecule is Cc1cccc(C)c1-n1c2ccc(-c3ccc(-c4ccc5c(c4)c4ccccc4n5-c4ccccc4)cc3)cc2c2cc3c(cc21)C(C)(C)c1ccccc1-3. The van der Waals surface area contributed by atoms with Crippen molar-refractivity contribution in [3.05, 3.63) is 192 Å². The van der Waals surface area contributed by atoms with Crippen molar-refractivity contribution in [3.8, 4) is 44.8 Å². The minimum absolute atomic E-state index is 0.0709. The number of para-hydroxylation sites is 3. The molecule has 0 fully saturated rings. The van der Waals surface area contributed by atoms with Gasteiger partial charge in [-0.1, -0.05) is 129 Å². The zero-order valence-corrected chi connectivity index (χ0v) is 31.6. The summed E-state index contributed by atoms with van der Waals surface area (Å²) in [6.07, 6.45) is 0. The Kier molecular flexibility index (Phi) is 6.76. The molecule has 0 aliphatic heterocycles. The molecule has 262 valence electrons. The van der Waals surface area contributed by atoms with Crippen molar-refractivity contribution >= 4 is 43.6 Å². The Bertz CT molecular complexity index is 3150. The highest BCUT2D eigenvalue weighted by Crippen LogP contribution is 2.51. The highest BCUT2D eigenvalue weighted by Gasteiger charge is 2.36. The second-order valence-electron chi connectivity index (χ2n) is 15.9. The molecular formula is C53H40N2. The van der Waals surface area contributed by atoms with Crippen molar-refractivity contribution in [2.24, 2.45) is 0 Å². The van der Waals surface area contributed by atoms with Gasteiger partial charge in [-0.15, -0.1) is 0 Å². The molecule has 0 radical (unpaired) electrons. The average molecular weight is 705 g/mol. The standard InChI is InChI=1S/C53H40N2/c1-33-13-12-14-34(2)52(33)55-50-28-26-38(30-44(50)45-31-42-40-17-8-10-19-46(40)53(3,4)47(42)32-51(45)55)36-23-21-35(22-24-36)37-25-27-49-43(29-37)41-18-9-11-20-48(41)54(49)39-15-6-5-7-16-39/h5-32H,1-4H3. The van der Waals surface area contributed by atoms with E-state index in [9.17, 15) is 0 Å². The van der Waals surface area contributed by atoms with E-state index in [0.29, 0.717) is 0 Å². The number of aryl methyl sites for hydroxylation is 2. The van der Waals surface area contributed by atoms with Crippen molar-refractivity contribution in [1.82, 2.24) is 9.13 Å². The summed E-state index contributed by atoms with van der Waals surface area (Å²) in [5.74, 6) is 0. The van der Waals surface area contributed by atoms with E-state index in [2.05, 4.69) is 207 Å². The van der Waals surface area contributed by atoms with Gasteiger partial charge in [0.05, 0.1) is 27.8 Å². The first-order valence-electron chi connectivity index (χ1n) is 19.4. The molecule has 0 saturated carbocycles. The molecule has 0 unspecified atom stereocenters. The van der Waals surface area contributed by atoms with Crippen LogP contribution in [0.4, 0.5) is 0 Å². The molecule has 8 aromatic carbocycles. The highest BCUT2D eigenvalue weighted by atomic mass is 15.0. The zero-order chi connectivity index (χ0) is 37.0. The van der Waals surface area contributed by atoms with E-state index >= 15 is 0 Å². The molecule has 2 heterocycles. The van der Waals surface area contributed by atoms with Gasteiger partial charge in [-0.25, -0.2) is 0 Å². The van der Waals surface area contributed by atoms with Crippen molar-refractivity contribution in [2.45, 2.75) is 33.1 Å². The maximum atomic E-state index is 2.52. The predicted molar refractivity (Wildman–Crippen MR) is 233 cm³/mol. The van der Waals surface area contributed by atoms with E-state index in [0.717, 1.165) is 0 Å². The van der Waals surface area contributed by atoms with Gasteiger partial charge in [0.25, 0.3) is 0 Å². The first-order chi connectivity index (χ1) is 26.9. The molecule has 10 aromatic rings. The van der Waals surface area contributed by atoms with Crippen LogP contribution < -0.4 is 0 Å². The molecule has 55 heavy (non-hydrogen) atoms. The summed E-state index contributed by atoms with van der Waals surface area (Å²) in [5.41, 5.74) is 20.3. The van der Waals surface area contributed by atoms with Crippen LogP contribution in [-0.2, 0) is 5.41 Å². The maximum absolute atomic E-state index is 2.52. The van der Waals surface area contributed by atoms with Crippen molar-refractivity contribution in [3.63, 3.8) is 0 Å². The van der Waals surface area contributed by atoms with Gasteiger partial charge in [0, 0.05) is 32.6 Å². The molecule has 1 aliphatic rings. The Morgan fingerprint density at radius 2 is 0.909 bits per heavy atom. The van der Waals surface area contributed by atoms with Crippen molar-refractivity contribution in [2.75, 3.05) is 0 Å². The van der Waals surface area contributed by atoms with E-state index in [1.807, 2.05) is 0 Å². The number of nitrogens with zero attached hydrogens (tertiary/aromatic N) is 2. The molecule has 0 atom stereocenters. The lowest BCUT2D eigenvalue weighted by atomic mass is 9.82. The molecular weight excluding hydrogens is 665 g/mol. The van der Waals surface area contributed by atoms with E-state index in [4.69, 9.17) is 0 Å². The van der Waals surface area contributed by atoms with Crippen LogP contribution in [0.15, 0.2) is 170 Å². The van der Waals surface area contributed by atoms with Crippen LogP contribution in [0.1, 0.15) is 36.1 Å². The molecule has 2 nitrogen and oxygen atoms in total. The number of hydrogen-bond donors (Lipinski definition) is 0. The Morgan fingerprint density at radius 1 is 0.364 bits per heavy atom. The summed E-state index contributed by atoms with van der Waals surface area (Å²) >= 11 is 0. The average Bonchev–Trinajstić information content (AvgIpc) is 3.80. The van der Waals surface area contributed by atoms with Gasteiger partial charge in [0.1, 0.15) is 0 Å². The summed E-state index contributed by atoms with van der Waals surface area (Å²) in [5, 5.41) is 5.12. The maximum Gasteiger partial charge on any atom is 0.0544 e. The molecule has 0 spiro atoms. The molecule has 0 amide bonds. The molecule has 0 saturated heterocycles. The summed E-state index contributed by atoms with van der Waals surface area (Å²) in [7, 11) is 0. The summed E-state index contributed by atoms with van der Waals surface area (Å²) in [6, 6.07) is 63.1. The van der Waals surface area contributed by atoms with E-state index in [1.165, 1.54) is 111 Å². The van der Waals surface area contributed by atoms with Crippen molar-refractivity contribution in [1.29, 1.82) is 0 Å². The fourth-order valence-corrected chi connectivity index (χ4v) is 9.66. The fraction of sp³-hybridized carbons (Fsp3) is 0.0943. The van der Waals surface area contributed by atoms with Gasteiger partial charge in [0.2, 0.25) is 0 Å². The van der Waals surface area contributed by atoms with E-state index in [1.54, 1.807) is 0 Å². The first-order valence-corrected chi connectivity index (χ1v) is 19.4. The van der Waals surface area contributed by atoms with Crippen LogP contribution in [0.2, 0.25) is 0 Å². The third-order valence-electron chi connectivity index (χ3n) is 12.4. The predicted octanol–water partition coefficient (Wildman–Crippen LogP) is 14.1. The lowest BCUT2D eigenvalue weighted by Gasteiger charge is -2.22. The van der Waals surface area contributed by atoms with Crippen LogP contribution in [0, 0.1) is 13.8 Å². The van der Waals surface area contributed by atoms with Gasteiger partial charge in [-0.3, -0.25) is 0 Å². The molecule has 1 aliphatic carbocycles. The minimum atomic E-state index is -0.0709. The quantitative estimate of drug-likeness (QED) is 0.173. The summed E-state index contributed by atoms with van der Waals surface area (Å²) in [4.78, 5) is 0. The minimum Gasteiger partial charge on any atom is -0.309 e. The third kappa shape index (κ3) is 4.61. The smallest absolute Gasteiger partial charge is 0.0544 e. The largest absolute Gasteiger partial charge is 0.309 e. The third-order valence-corrected chi connectivity index (χ3v) is 12.4. The van der Waals surface area contributed by atoms with Crippen LogP contribution in [0.25, 0.3) is 88.4 Å². The molecule has 2 heteroatoms. The van der Waals surface area contributed by atoms with Gasteiger partial charge in [0.15, 0.2) is 0 Å². The van der Waals surface area contributed by atoms with Crippen LogP contribution >= 0.6 is 0 Å². The van der Waals surface area contributed by atoms with Gasteiger partial charge in [-0.2, -0.15) is 0 Å². The lowest BCUT2D eigenvalue weighted by molar-refractivity contribution is 0.661. The van der Waals surface area contributed by atoms with E-state index in [-0.39, 0.29) is 5.41 Å². The Labute approximate surface area is 321 Å². The Hall–Kier alpha value is -6.64. The Morgan fingerprint density at radius 3 is 1.62 bits per heavy atom. The summed E-state index contributed by atoms with van der Waals surface area (Å²) in [6.45, 7) is 9.22. The molecule has 0 bridgehead atoms. The van der Waals surface area contributed by atoms with Crippen LogP contribution in [0.5, 0.6) is 0 Å².